The van der Waals surface area contributed by atoms with Crippen molar-refractivity contribution < 1.29 is 26.3 Å². The Hall–Kier alpha value is -2.02. The van der Waals surface area contributed by atoms with Crippen LogP contribution in [0, 0.1) is 0 Å². The molecule has 0 spiro atoms. The summed E-state index contributed by atoms with van der Waals surface area (Å²) < 4.78 is 83.2. The zero-order valence-electron chi connectivity index (χ0n) is 19.4. The van der Waals surface area contributed by atoms with Gasteiger partial charge in [0, 0.05) is 6.54 Å². The Kier molecular flexibility index (Phi) is 6.80. The van der Waals surface area contributed by atoms with Crippen molar-refractivity contribution in [2.75, 3.05) is 19.6 Å². The number of aryl methyl sites for hydroxylation is 1. The number of alkyl halides is 6. The third kappa shape index (κ3) is 4.86. The lowest BCUT2D eigenvalue weighted by Gasteiger charge is -2.29. The van der Waals surface area contributed by atoms with E-state index in [4.69, 9.17) is 0 Å². The maximum absolute atomic E-state index is 13.9. The molecule has 1 nitrogen and oxygen atoms in total. The topological polar surface area (TPSA) is 3.24 Å². The summed E-state index contributed by atoms with van der Waals surface area (Å²) in [7, 11) is 0. The van der Waals surface area contributed by atoms with Crippen molar-refractivity contribution in [1.29, 1.82) is 0 Å². The van der Waals surface area contributed by atoms with Gasteiger partial charge in [0.25, 0.3) is 0 Å². The van der Waals surface area contributed by atoms with Crippen LogP contribution in [-0.4, -0.2) is 36.9 Å². The number of benzene rings is 2. The standard InChI is InChI=1S/C27H31F6N/c1-2-34(18-12-20-7-4-3-5-8-20)17-6-9-21-10-11-22(24(13-14-24)26(28,29)30)23(19-21)25(15-16-25)27(31,32)33/h3-5,7-8,10-11,19H,2,6,9,12-18H2,1H3. The zero-order valence-corrected chi connectivity index (χ0v) is 19.4. The summed E-state index contributed by atoms with van der Waals surface area (Å²) in [4.78, 5) is 2.29. The summed E-state index contributed by atoms with van der Waals surface area (Å²) in [6, 6.07) is 14.5. The summed E-state index contributed by atoms with van der Waals surface area (Å²) >= 11 is 0. The SMILES string of the molecule is CCN(CCCc1ccc(C2(C(F)(F)F)CC2)c(C2(C(F)(F)F)CC2)c1)CCc1ccccc1. The smallest absolute Gasteiger partial charge is 0.303 e. The van der Waals surface area contributed by atoms with Gasteiger partial charge in [-0.2, -0.15) is 26.3 Å². The van der Waals surface area contributed by atoms with Crippen LogP contribution in [0.5, 0.6) is 0 Å². The van der Waals surface area contributed by atoms with Crippen molar-refractivity contribution in [2.45, 2.75) is 75.1 Å². The Morgan fingerprint density at radius 3 is 1.82 bits per heavy atom. The lowest BCUT2D eigenvalue weighted by atomic mass is 9.81. The van der Waals surface area contributed by atoms with E-state index in [1.54, 1.807) is 6.07 Å². The van der Waals surface area contributed by atoms with Gasteiger partial charge in [0.15, 0.2) is 0 Å². The lowest BCUT2D eigenvalue weighted by Crippen LogP contribution is -2.35. The van der Waals surface area contributed by atoms with Crippen LogP contribution in [0.2, 0.25) is 0 Å². The van der Waals surface area contributed by atoms with Crippen molar-refractivity contribution >= 4 is 0 Å². The molecule has 2 aromatic rings. The van der Waals surface area contributed by atoms with Crippen LogP contribution in [0.3, 0.4) is 0 Å². The number of hydrogen-bond donors (Lipinski definition) is 0. The third-order valence-corrected chi connectivity index (χ3v) is 7.65. The Morgan fingerprint density at radius 2 is 1.29 bits per heavy atom. The summed E-state index contributed by atoms with van der Waals surface area (Å²) in [6.45, 7) is 4.61. The highest BCUT2D eigenvalue weighted by atomic mass is 19.4. The van der Waals surface area contributed by atoms with Gasteiger partial charge in [-0.1, -0.05) is 55.5 Å². The fraction of sp³-hybridized carbons (Fsp3) is 0.556. The molecule has 34 heavy (non-hydrogen) atoms. The Bertz CT molecular complexity index is 971. The average Bonchev–Trinajstić information content (AvgIpc) is 3.69. The largest absolute Gasteiger partial charge is 0.398 e. The molecule has 0 bridgehead atoms. The van der Waals surface area contributed by atoms with Gasteiger partial charge in [0.05, 0.1) is 10.8 Å². The Balaban J connectivity index is 1.47. The van der Waals surface area contributed by atoms with Crippen LogP contribution in [0.4, 0.5) is 26.3 Å². The predicted octanol–water partition coefficient (Wildman–Crippen LogP) is 7.37. The van der Waals surface area contributed by atoms with E-state index in [9.17, 15) is 26.3 Å². The molecular formula is C27H31F6N. The van der Waals surface area contributed by atoms with Gasteiger partial charge in [0.1, 0.15) is 0 Å². The number of rotatable bonds is 10. The van der Waals surface area contributed by atoms with Gasteiger partial charge < -0.3 is 4.90 Å². The van der Waals surface area contributed by atoms with Crippen LogP contribution < -0.4 is 0 Å². The predicted molar refractivity (Wildman–Crippen MR) is 121 cm³/mol. The van der Waals surface area contributed by atoms with Crippen molar-refractivity contribution in [2.24, 2.45) is 0 Å². The molecular weight excluding hydrogens is 452 g/mol. The molecule has 2 aromatic carbocycles. The number of halogens is 6. The van der Waals surface area contributed by atoms with Crippen LogP contribution in [0.15, 0.2) is 48.5 Å². The maximum Gasteiger partial charge on any atom is 0.398 e. The van der Waals surface area contributed by atoms with E-state index in [0.717, 1.165) is 32.5 Å². The van der Waals surface area contributed by atoms with Crippen molar-refractivity contribution in [3.63, 3.8) is 0 Å². The normalized spacial score (nSPS) is 18.8. The Morgan fingerprint density at radius 1 is 0.706 bits per heavy atom. The second-order valence-electron chi connectivity index (χ2n) is 9.81. The second-order valence-corrected chi connectivity index (χ2v) is 9.81. The summed E-state index contributed by atoms with van der Waals surface area (Å²) in [5, 5.41) is 0. The molecule has 7 heteroatoms. The zero-order chi connectivity index (χ0) is 24.6. The maximum atomic E-state index is 13.9. The van der Waals surface area contributed by atoms with Crippen molar-refractivity contribution in [3.8, 4) is 0 Å². The molecule has 2 fully saturated rings. The van der Waals surface area contributed by atoms with Crippen LogP contribution in [-0.2, 0) is 23.7 Å². The van der Waals surface area contributed by atoms with Gasteiger partial charge in [-0.25, -0.2) is 0 Å². The molecule has 186 valence electrons. The van der Waals surface area contributed by atoms with E-state index in [0.29, 0.717) is 12.0 Å². The molecule has 2 aliphatic carbocycles. The highest BCUT2D eigenvalue weighted by molar-refractivity contribution is 5.50. The molecule has 2 aliphatic rings. The lowest BCUT2D eigenvalue weighted by molar-refractivity contribution is -0.167. The first-order chi connectivity index (χ1) is 16.0. The molecule has 0 atom stereocenters. The van der Waals surface area contributed by atoms with Crippen LogP contribution in [0.1, 0.15) is 61.3 Å². The molecule has 2 saturated carbocycles. The van der Waals surface area contributed by atoms with Gasteiger partial charge in [0.2, 0.25) is 0 Å². The average molecular weight is 484 g/mol. The van der Waals surface area contributed by atoms with E-state index in [1.807, 2.05) is 18.2 Å². The fourth-order valence-corrected chi connectivity index (χ4v) is 5.09. The molecule has 0 saturated heterocycles. The first-order valence-corrected chi connectivity index (χ1v) is 12.1. The van der Waals surface area contributed by atoms with E-state index in [-0.39, 0.29) is 36.8 Å². The minimum atomic E-state index is -4.54. The monoisotopic (exact) mass is 483 g/mol. The molecule has 0 radical (unpaired) electrons. The van der Waals surface area contributed by atoms with Crippen LogP contribution >= 0.6 is 0 Å². The quantitative estimate of drug-likeness (QED) is 0.319. The van der Waals surface area contributed by atoms with Gasteiger partial charge in [-0.15, -0.1) is 0 Å². The first kappa shape index (κ1) is 25.1. The fourth-order valence-electron chi connectivity index (χ4n) is 5.09. The molecule has 4 rings (SSSR count). The van der Waals surface area contributed by atoms with E-state index < -0.39 is 23.2 Å². The molecule has 0 unspecified atom stereocenters. The highest BCUT2D eigenvalue weighted by Crippen LogP contribution is 2.66. The van der Waals surface area contributed by atoms with E-state index >= 15 is 0 Å². The van der Waals surface area contributed by atoms with Gasteiger partial charge in [-0.05, 0) is 80.3 Å². The van der Waals surface area contributed by atoms with Gasteiger partial charge in [-0.3, -0.25) is 0 Å². The van der Waals surface area contributed by atoms with Crippen molar-refractivity contribution in [1.82, 2.24) is 4.90 Å². The van der Waals surface area contributed by atoms with E-state index in [1.165, 1.54) is 17.7 Å². The van der Waals surface area contributed by atoms with Gasteiger partial charge >= 0.3 is 12.4 Å². The second kappa shape index (κ2) is 9.21. The number of likely N-dealkylation sites (N-methyl/N-ethyl adjacent to an activating group) is 1. The molecule has 0 amide bonds. The molecule has 0 aromatic heterocycles. The first-order valence-electron chi connectivity index (χ1n) is 12.1. The third-order valence-electron chi connectivity index (χ3n) is 7.65. The molecule has 0 heterocycles. The van der Waals surface area contributed by atoms with Crippen molar-refractivity contribution in [3.05, 3.63) is 70.8 Å². The Labute approximate surface area is 197 Å². The summed E-state index contributed by atoms with van der Waals surface area (Å²) in [5.41, 5.74) is -2.59. The minimum Gasteiger partial charge on any atom is -0.303 e. The highest BCUT2D eigenvalue weighted by Gasteiger charge is 2.70. The minimum absolute atomic E-state index is 0.135. The molecule has 0 N–H and O–H groups in total. The summed E-state index contributed by atoms with van der Waals surface area (Å²) in [5.74, 6) is 0. The van der Waals surface area contributed by atoms with Crippen LogP contribution in [0.25, 0.3) is 0 Å². The van der Waals surface area contributed by atoms with E-state index in [2.05, 4.69) is 24.0 Å². The molecule has 0 aliphatic heterocycles. The summed E-state index contributed by atoms with van der Waals surface area (Å²) in [6.07, 6.45) is -7.42. The number of nitrogens with zero attached hydrogens (tertiary/aromatic N) is 1. The number of hydrogen-bond acceptors (Lipinski definition) is 1.